The lowest BCUT2D eigenvalue weighted by atomic mass is 10.0. The predicted octanol–water partition coefficient (Wildman–Crippen LogP) is 1.96. The molecule has 0 amide bonds. The summed E-state index contributed by atoms with van der Waals surface area (Å²) in [6.45, 7) is 10.3. The Kier molecular flexibility index (Phi) is 2.38. The standard InChI is InChI=1S/C14H19N3O/c1-4-6-10-11-13-9(7-14(10,11)15)12(16-17-13)8(3)18-5-2/h4,10-11H,1,3,5-7,15H2,2H3,(H,16,17). The molecule has 96 valence electrons. The Labute approximate surface area is 107 Å². The number of aromatic nitrogens is 2. The summed E-state index contributed by atoms with van der Waals surface area (Å²) >= 11 is 0. The Morgan fingerprint density at radius 2 is 2.50 bits per heavy atom. The highest BCUT2D eigenvalue weighted by atomic mass is 16.5. The maximum absolute atomic E-state index is 6.45. The zero-order chi connectivity index (χ0) is 12.9. The molecule has 4 heteroatoms. The van der Waals surface area contributed by atoms with Crippen LogP contribution >= 0.6 is 0 Å². The Morgan fingerprint density at radius 1 is 1.72 bits per heavy atom. The average Bonchev–Trinajstić information content (AvgIpc) is 2.63. The number of nitrogens with zero attached hydrogens (tertiary/aromatic N) is 1. The van der Waals surface area contributed by atoms with Crippen LogP contribution in [0.15, 0.2) is 19.2 Å². The summed E-state index contributed by atoms with van der Waals surface area (Å²) < 4.78 is 5.43. The van der Waals surface area contributed by atoms with E-state index in [1.807, 2.05) is 13.0 Å². The molecular formula is C14H19N3O. The quantitative estimate of drug-likeness (QED) is 0.615. The molecule has 2 aliphatic carbocycles. The molecule has 1 aromatic heterocycles. The molecule has 1 aromatic rings. The molecule has 3 unspecified atom stereocenters. The molecule has 1 fully saturated rings. The van der Waals surface area contributed by atoms with Crippen molar-refractivity contribution in [3.8, 4) is 0 Å². The normalized spacial score (nSPS) is 31.7. The van der Waals surface area contributed by atoms with E-state index in [4.69, 9.17) is 10.5 Å². The van der Waals surface area contributed by atoms with Gasteiger partial charge >= 0.3 is 0 Å². The van der Waals surface area contributed by atoms with Crippen LogP contribution in [0.2, 0.25) is 0 Å². The van der Waals surface area contributed by atoms with E-state index in [9.17, 15) is 0 Å². The summed E-state index contributed by atoms with van der Waals surface area (Å²) in [6.07, 6.45) is 3.79. The molecule has 18 heavy (non-hydrogen) atoms. The molecule has 3 atom stereocenters. The lowest BCUT2D eigenvalue weighted by Crippen LogP contribution is -2.27. The van der Waals surface area contributed by atoms with Gasteiger partial charge in [0.25, 0.3) is 0 Å². The number of hydrogen-bond donors (Lipinski definition) is 2. The first-order valence-electron chi connectivity index (χ1n) is 6.42. The van der Waals surface area contributed by atoms with Gasteiger partial charge in [-0.2, -0.15) is 5.10 Å². The van der Waals surface area contributed by atoms with E-state index in [0.717, 1.165) is 18.5 Å². The molecular weight excluding hydrogens is 226 g/mol. The maximum atomic E-state index is 6.45. The number of H-pyrrole nitrogens is 1. The Balaban J connectivity index is 1.88. The summed E-state index contributed by atoms with van der Waals surface area (Å²) in [4.78, 5) is 0. The van der Waals surface area contributed by atoms with Crippen LogP contribution in [-0.4, -0.2) is 22.3 Å². The highest BCUT2D eigenvalue weighted by Crippen LogP contribution is 2.64. The number of ether oxygens (including phenoxy) is 1. The van der Waals surface area contributed by atoms with Crippen molar-refractivity contribution in [2.24, 2.45) is 11.7 Å². The number of allylic oxidation sites excluding steroid dienone is 1. The van der Waals surface area contributed by atoms with Gasteiger partial charge in [-0.3, -0.25) is 5.10 Å². The fraction of sp³-hybridized carbons (Fsp3) is 0.500. The molecule has 0 aromatic carbocycles. The van der Waals surface area contributed by atoms with E-state index in [1.165, 1.54) is 11.3 Å². The van der Waals surface area contributed by atoms with E-state index in [0.29, 0.717) is 24.2 Å². The van der Waals surface area contributed by atoms with Gasteiger partial charge in [0.2, 0.25) is 0 Å². The first kappa shape index (κ1) is 11.5. The fourth-order valence-corrected chi connectivity index (χ4v) is 3.38. The zero-order valence-electron chi connectivity index (χ0n) is 10.7. The van der Waals surface area contributed by atoms with Gasteiger partial charge in [-0.05, 0) is 25.7 Å². The largest absolute Gasteiger partial charge is 0.492 e. The predicted molar refractivity (Wildman–Crippen MR) is 70.9 cm³/mol. The van der Waals surface area contributed by atoms with Crippen molar-refractivity contribution in [1.29, 1.82) is 0 Å². The third-order valence-electron chi connectivity index (χ3n) is 4.26. The summed E-state index contributed by atoms with van der Waals surface area (Å²) in [5, 5.41) is 7.45. The second kappa shape index (κ2) is 3.72. The Bertz CT molecular complexity index is 519. The minimum absolute atomic E-state index is 0.0977. The number of rotatable bonds is 5. The molecule has 3 rings (SSSR count). The molecule has 0 aliphatic heterocycles. The number of hydrogen-bond acceptors (Lipinski definition) is 3. The summed E-state index contributed by atoms with van der Waals surface area (Å²) in [6, 6.07) is 0. The zero-order valence-corrected chi connectivity index (χ0v) is 10.7. The lowest BCUT2D eigenvalue weighted by molar-refractivity contribution is 0.297. The van der Waals surface area contributed by atoms with Gasteiger partial charge in [0, 0.05) is 22.7 Å². The van der Waals surface area contributed by atoms with Crippen LogP contribution in [0.1, 0.15) is 36.2 Å². The van der Waals surface area contributed by atoms with Gasteiger partial charge in [0.05, 0.1) is 6.61 Å². The van der Waals surface area contributed by atoms with Gasteiger partial charge in [-0.25, -0.2) is 0 Å². The van der Waals surface area contributed by atoms with Crippen LogP contribution in [-0.2, 0) is 11.2 Å². The van der Waals surface area contributed by atoms with Crippen molar-refractivity contribution in [2.75, 3.05) is 6.61 Å². The van der Waals surface area contributed by atoms with Crippen molar-refractivity contribution in [3.05, 3.63) is 36.2 Å². The lowest BCUT2D eigenvalue weighted by Gasteiger charge is -2.10. The number of nitrogens with one attached hydrogen (secondary N) is 1. The van der Waals surface area contributed by atoms with Crippen LogP contribution in [0.3, 0.4) is 0 Å². The first-order valence-corrected chi connectivity index (χ1v) is 6.42. The second-order valence-corrected chi connectivity index (χ2v) is 5.22. The second-order valence-electron chi connectivity index (χ2n) is 5.22. The van der Waals surface area contributed by atoms with Crippen molar-refractivity contribution >= 4 is 5.76 Å². The molecule has 1 heterocycles. The van der Waals surface area contributed by atoms with Gasteiger partial charge < -0.3 is 10.5 Å². The monoisotopic (exact) mass is 245 g/mol. The highest BCUT2D eigenvalue weighted by molar-refractivity contribution is 5.63. The molecule has 0 spiro atoms. The average molecular weight is 245 g/mol. The van der Waals surface area contributed by atoms with Crippen molar-refractivity contribution in [1.82, 2.24) is 10.2 Å². The summed E-state index contributed by atoms with van der Waals surface area (Å²) in [5.41, 5.74) is 9.58. The molecule has 0 saturated heterocycles. The van der Waals surface area contributed by atoms with E-state index in [1.54, 1.807) is 0 Å². The molecule has 0 bridgehead atoms. The Hall–Kier alpha value is -1.55. The highest BCUT2D eigenvalue weighted by Gasteiger charge is 2.67. The first-order chi connectivity index (χ1) is 8.63. The number of fused-ring (bicyclic) bond motifs is 3. The molecule has 2 aliphatic rings. The van der Waals surface area contributed by atoms with Crippen LogP contribution < -0.4 is 5.73 Å². The Morgan fingerprint density at radius 3 is 3.17 bits per heavy atom. The van der Waals surface area contributed by atoms with Gasteiger partial charge in [0.15, 0.2) is 0 Å². The third-order valence-corrected chi connectivity index (χ3v) is 4.26. The van der Waals surface area contributed by atoms with Gasteiger partial charge in [-0.1, -0.05) is 12.7 Å². The molecule has 4 nitrogen and oxygen atoms in total. The van der Waals surface area contributed by atoms with Gasteiger partial charge in [0.1, 0.15) is 11.5 Å². The summed E-state index contributed by atoms with van der Waals surface area (Å²) in [7, 11) is 0. The van der Waals surface area contributed by atoms with Crippen LogP contribution in [0.5, 0.6) is 0 Å². The van der Waals surface area contributed by atoms with Crippen molar-refractivity contribution in [3.63, 3.8) is 0 Å². The van der Waals surface area contributed by atoms with E-state index in [-0.39, 0.29) is 5.54 Å². The van der Waals surface area contributed by atoms with E-state index in [2.05, 4.69) is 23.4 Å². The van der Waals surface area contributed by atoms with E-state index < -0.39 is 0 Å². The topological polar surface area (TPSA) is 63.9 Å². The van der Waals surface area contributed by atoms with Gasteiger partial charge in [-0.15, -0.1) is 6.58 Å². The molecule has 1 saturated carbocycles. The smallest absolute Gasteiger partial charge is 0.139 e. The third kappa shape index (κ3) is 1.32. The maximum Gasteiger partial charge on any atom is 0.139 e. The van der Waals surface area contributed by atoms with Crippen LogP contribution in [0.25, 0.3) is 5.76 Å². The molecule has 3 N–H and O–H groups in total. The fourth-order valence-electron chi connectivity index (χ4n) is 3.38. The number of aromatic amines is 1. The number of nitrogens with two attached hydrogens (primary N) is 1. The van der Waals surface area contributed by atoms with Crippen LogP contribution in [0.4, 0.5) is 0 Å². The van der Waals surface area contributed by atoms with E-state index >= 15 is 0 Å². The van der Waals surface area contributed by atoms with Crippen LogP contribution in [0, 0.1) is 5.92 Å². The summed E-state index contributed by atoms with van der Waals surface area (Å²) in [5.74, 6) is 1.55. The van der Waals surface area contributed by atoms with Crippen molar-refractivity contribution < 1.29 is 4.74 Å². The molecule has 0 radical (unpaired) electrons. The SMILES string of the molecule is C=CCC1C2c3[nH]nc(C(=C)OCC)c3CC12N. The van der Waals surface area contributed by atoms with Crippen molar-refractivity contribution in [2.45, 2.75) is 31.2 Å². The minimum Gasteiger partial charge on any atom is -0.492 e. The minimum atomic E-state index is -0.0977.